The van der Waals surface area contributed by atoms with Crippen molar-refractivity contribution < 1.29 is 14.3 Å². The van der Waals surface area contributed by atoms with Gasteiger partial charge in [-0.3, -0.25) is 14.3 Å². The molecule has 0 aromatic carbocycles. The number of aryl methyl sites for hydroxylation is 2. The lowest BCUT2D eigenvalue weighted by molar-refractivity contribution is -0.147. The Hall–Kier alpha value is -1.85. The summed E-state index contributed by atoms with van der Waals surface area (Å²) in [6, 6.07) is 0. The van der Waals surface area contributed by atoms with E-state index in [1.54, 1.807) is 32.5 Å². The Labute approximate surface area is 113 Å². The second-order valence-corrected chi connectivity index (χ2v) is 4.71. The molecule has 0 fully saturated rings. The molecular weight excluding hydrogens is 246 g/mol. The van der Waals surface area contributed by atoms with Crippen LogP contribution in [0.4, 0.5) is 0 Å². The Morgan fingerprint density at radius 3 is 2.47 bits per heavy atom. The van der Waals surface area contributed by atoms with Crippen LogP contribution in [0, 0.1) is 13.8 Å². The van der Waals surface area contributed by atoms with Gasteiger partial charge >= 0.3 is 5.97 Å². The molecule has 1 rings (SSSR count). The number of esters is 1. The van der Waals surface area contributed by atoms with Gasteiger partial charge in [0.05, 0.1) is 23.8 Å². The number of carbonyl (C=O) groups is 2. The lowest BCUT2D eigenvalue weighted by Crippen LogP contribution is -2.28. The predicted octanol–water partition coefficient (Wildman–Crippen LogP) is 1.11. The minimum Gasteiger partial charge on any atom is -0.463 e. The molecule has 6 nitrogen and oxygen atoms in total. The second kappa shape index (κ2) is 6.36. The summed E-state index contributed by atoms with van der Waals surface area (Å²) in [6.07, 6.45) is 0.0356. The smallest absolute Gasteiger partial charge is 0.307 e. The first-order valence-electron chi connectivity index (χ1n) is 6.30. The molecule has 0 unspecified atom stereocenters. The molecule has 0 aliphatic rings. The molecule has 1 aromatic heterocycles. The maximum absolute atomic E-state index is 12.0. The molecule has 1 heterocycles. The Morgan fingerprint density at radius 1 is 1.37 bits per heavy atom. The number of nitrogens with zero attached hydrogens (tertiary/aromatic N) is 2. The molecule has 0 bridgehead atoms. The van der Waals surface area contributed by atoms with Crippen LogP contribution in [0.2, 0.25) is 0 Å². The van der Waals surface area contributed by atoms with Gasteiger partial charge in [-0.1, -0.05) is 0 Å². The highest BCUT2D eigenvalue weighted by Crippen LogP contribution is 2.11. The largest absolute Gasteiger partial charge is 0.463 e. The van der Waals surface area contributed by atoms with Crippen LogP contribution in [0.5, 0.6) is 0 Å². The zero-order chi connectivity index (χ0) is 14.6. The van der Waals surface area contributed by atoms with Crippen molar-refractivity contribution in [2.24, 2.45) is 7.05 Å². The fourth-order valence-electron chi connectivity index (χ4n) is 1.79. The van der Waals surface area contributed by atoms with Gasteiger partial charge in [-0.05, 0) is 27.7 Å². The Kier molecular flexibility index (Phi) is 5.09. The minimum absolute atomic E-state index is 0.133. The first-order chi connectivity index (χ1) is 8.82. The van der Waals surface area contributed by atoms with E-state index < -0.39 is 0 Å². The highest BCUT2D eigenvalue weighted by atomic mass is 16.5. The van der Waals surface area contributed by atoms with Crippen LogP contribution in [-0.2, 0) is 16.6 Å². The molecule has 0 saturated carbocycles. The topological polar surface area (TPSA) is 73.2 Å². The SMILES string of the molecule is Cc1nn(C)c(C)c1C(=O)NCCC(=O)OC(C)C. The minimum atomic E-state index is -0.310. The van der Waals surface area contributed by atoms with E-state index in [2.05, 4.69) is 10.4 Å². The van der Waals surface area contributed by atoms with Gasteiger partial charge in [0.1, 0.15) is 0 Å². The zero-order valence-electron chi connectivity index (χ0n) is 12.1. The van der Waals surface area contributed by atoms with Crippen molar-refractivity contribution in [2.45, 2.75) is 40.2 Å². The standard InChI is InChI=1S/C13H21N3O3/c1-8(2)19-11(17)6-7-14-13(18)12-9(3)15-16(5)10(12)4/h8H,6-7H2,1-5H3,(H,14,18). The van der Waals surface area contributed by atoms with E-state index in [9.17, 15) is 9.59 Å². The van der Waals surface area contributed by atoms with Gasteiger partial charge in [-0.15, -0.1) is 0 Å². The number of hydrogen-bond acceptors (Lipinski definition) is 4. The first kappa shape index (κ1) is 15.2. The average molecular weight is 267 g/mol. The molecule has 1 aromatic rings. The van der Waals surface area contributed by atoms with Crippen molar-refractivity contribution in [3.05, 3.63) is 17.0 Å². The van der Waals surface area contributed by atoms with Crippen molar-refractivity contribution >= 4 is 11.9 Å². The van der Waals surface area contributed by atoms with Crippen molar-refractivity contribution in [1.82, 2.24) is 15.1 Å². The van der Waals surface area contributed by atoms with E-state index in [-0.39, 0.29) is 30.9 Å². The molecule has 1 N–H and O–H groups in total. The van der Waals surface area contributed by atoms with E-state index in [0.29, 0.717) is 11.3 Å². The predicted molar refractivity (Wildman–Crippen MR) is 70.9 cm³/mol. The van der Waals surface area contributed by atoms with Gasteiger partial charge in [-0.25, -0.2) is 0 Å². The molecule has 0 aliphatic carbocycles. The molecule has 6 heteroatoms. The third kappa shape index (κ3) is 4.08. The maximum Gasteiger partial charge on any atom is 0.307 e. The van der Waals surface area contributed by atoms with Crippen LogP contribution < -0.4 is 5.32 Å². The van der Waals surface area contributed by atoms with Gasteiger partial charge < -0.3 is 10.1 Å². The molecule has 0 aliphatic heterocycles. The van der Waals surface area contributed by atoms with Crippen LogP contribution in [0.1, 0.15) is 42.0 Å². The van der Waals surface area contributed by atoms with Crippen LogP contribution in [-0.4, -0.2) is 34.3 Å². The van der Waals surface area contributed by atoms with Gasteiger partial charge in [-0.2, -0.15) is 5.10 Å². The van der Waals surface area contributed by atoms with Crippen LogP contribution in [0.25, 0.3) is 0 Å². The number of ether oxygens (including phenoxy) is 1. The van der Waals surface area contributed by atoms with Crippen molar-refractivity contribution in [1.29, 1.82) is 0 Å². The van der Waals surface area contributed by atoms with E-state index in [1.807, 2.05) is 6.92 Å². The monoisotopic (exact) mass is 267 g/mol. The van der Waals surface area contributed by atoms with Gasteiger partial charge in [0.25, 0.3) is 5.91 Å². The fraction of sp³-hybridized carbons (Fsp3) is 0.615. The summed E-state index contributed by atoms with van der Waals surface area (Å²) in [7, 11) is 1.79. The summed E-state index contributed by atoms with van der Waals surface area (Å²) in [5.41, 5.74) is 2.06. The van der Waals surface area contributed by atoms with Gasteiger partial charge in [0.15, 0.2) is 0 Å². The molecule has 0 atom stereocenters. The summed E-state index contributed by atoms with van der Waals surface area (Å²) in [4.78, 5) is 23.3. The lowest BCUT2D eigenvalue weighted by Gasteiger charge is -2.08. The van der Waals surface area contributed by atoms with Gasteiger partial charge in [0.2, 0.25) is 0 Å². The maximum atomic E-state index is 12.0. The summed E-state index contributed by atoms with van der Waals surface area (Å²) in [5, 5.41) is 6.88. The third-order valence-electron chi connectivity index (χ3n) is 2.72. The number of hydrogen-bond donors (Lipinski definition) is 1. The number of nitrogens with one attached hydrogen (secondary N) is 1. The number of aromatic nitrogens is 2. The van der Waals surface area contributed by atoms with Gasteiger partial charge in [0, 0.05) is 19.3 Å². The average Bonchev–Trinajstić information content (AvgIpc) is 2.51. The van der Waals surface area contributed by atoms with Crippen molar-refractivity contribution in [3.63, 3.8) is 0 Å². The van der Waals surface area contributed by atoms with Crippen molar-refractivity contribution in [2.75, 3.05) is 6.54 Å². The van der Waals surface area contributed by atoms with E-state index in [0.717, 1.165) is 5.69 Å². The molecule has 0 saturated heterocycles. The summed E-state index contributed by atoms with van der Waals surface area (Å²) < 4.78 is 6.65. The molecule has 19 heavy (non-hydrogen) atoms. The number of amides is 1. The van der Waals surface area contributed by atoms with E-state index in [1.165, 1.54) is 0 Å². The van der Waals surface area contributed by atoms with E-state index in [4.69, 9.17) is 4.74 Å². The summed E-state index contributed by atoms with van der Waals surface area (Å²) in [5.74, 6) is -0.518. The lowest BCUT2D eigenvalue weighted by atomic mass is 10.2. The number of rotatable bonds is 5. The quantitative estimate of drug-likeness (QED) is 0.811. The van der Waals surface area contributed by atoms with Crippen LogP contribution in [0.15, 0.2) is 0 Å². The Bertz CT molecular complexity index is 478. The number of carbonyl (C=O) groups excluding carboxylic acids is 2. The second-order valence-electron chi connectivity index (χ2n) is 4.71. The highest BCUT2D eigenvalue weighted by Gasteiger charge is 2.17. The van der Waals surface area contributed by atoms with Crippen LogP contribution in [0.3, 0.4) is 0 Å². The highest BCUT2D eigenvalue weighted by molar-refractivity contribution is 5.96. The summed E-state index contributed by atoms with van der Waals surface area (Å²) >= 11 is 0. The van der Waals surface area contributed by atoms with E-state index >= 15 is 0 Å². The third-order valence-corrected chi connectivity index (χ3v) is 2.72. The Balaban J connectivity index is 2.50. The fourth-order valence-corrected chi connectivity index (χ4v) is 1.79. The molecule has 0 spiro atoms. The molecule has 0 radical (unpaired) electrons. The normalized spacial score (nSPS) is 10.6. The molecule has 1 amide bonds. The molecular formula is C13H21N3O3. The first-order valence-corrected chi connectivity index (χ1v) is 6.30. The summed E-state index contributed by atoms with van der Waals surface area (Å²) in [6.45, 7) is 7.47. The molecule has 106 valence electrons. The van der Waals surface area contributed by atoms with Crippen LogP contribution >= 0.6 is 0 Å². The zero-order valence-corrected chi connectivity index (χ0v) is 12.1. The van der Waals surface area contributed by atoms with Crippen molar-refractivity contribution in [3.8, 4) is 0 Å². The Morgan fingerprint density at radius 2 is 2.00 bits per heavy atom.